The minimum absolute atomic E-state index is 0.124. The number of ether oxygens (including phenoxy) is 1. The van der Waals surface area contributed by atoms with Crippen LogP contribution in [0.25, 0.3) is 0 Å². The Bertz CT molecular complexity index is 1050. The molecule has 2 aliphatic rings. The second-order valence-corrected chi connectivity index (χ2v) is 8.44. The van der Waals surface area contributed by atoms with Gasteiger partial charge in [0.25, 0.3) is 11.8 Å². The predicted octanol–water partition coefficient (Wildman–Crippen LogP) is 1.27. The monoisotopic (exact) mass is 426 g/mol. The fourth-order valence-electron chi connectivity index (χ4n) is 4.52. The van der Waals surface area contributed by atoms with Crippen molar-refractivity contribution in [2.24, 2.45) is 5.92 Å². The number of carbonyl (C=O) groups excluding carboxylic acids is 3. The number of likely N-dealkylation sites (tertiary alicyclic amines) is 1. The van der Waals surface area contributed by atoms with Crippen LogP contribution in [0.2, 0.25) is 0 Å². The van der Waals surface area contributed by atoms with Gasteiger partial charge in [0.2, 0.25) is 11.7 Å². The van der Waals surface area contributed by atoms with Gasteiger partial charge in [-0.2, -0.15) is 0 Å². The number of methoxy groups -OCH3 is 1. The highest BCUT2D eigenvalue weighted by Crippen LogP contribution is 2.37. The summed E-state index contributed by atoms with van der Waals surface area (Å²) >= 11 is 0. The molecule has 1 spiro atoms. The molecule has 0 bridgehead atoms. The highest BCUT2D eigenvalue weighted by molar-refractivity contribution is 5.98. The highest BCUT2D eigenvalue weighted by atomic mass is 16.5. The van der Waals surface area contributed by atoms with Gasteiger partial charge in [0.15, 0.2) is 0 Å². The lowest BCUT2D eigenvalue weighted by Crippen LogP contribution is -2.57. The molecule has 0 saturated carbocycles. The Morgan fingerprint density at radius 2 is 2.10 bits per heavy atom. The van der Waals surface area contributed by atoms with Gasteiger partial charge >= 0.3 is 0 Å². The predicted molar refractivity (Wildman–Crippen MR) is 111 cm³/mol. The van der Waals surface area contributed by atoms with Crippen LogP contribution < -0.4 is 10.1 Å². The van der Waals surface area contributed by atoms with Crippen molar-refractivity contribution < 1.29 is 23.6 Å². The van der Waals surface area contributed by atoms with E-state index in [4.69, 9.17) is 9.26 Å². The summed E-state index contributed by atoms with van der Waals surface area (Å²) < 4.78 is 10.4. The largest absolute Gasteiger partial charge is 0.497 e. The van der Waals surface area contributed by atoms with Crippen LogP contribution in [0.15, 0.2) is 28.8 Å². The SMILES string of the molecule is COc1ccc2c(c1)C(=O)N[C@@]1(CC2)CN(C(=O)c2cc(C)no2)C[C@@H]1C(=O)N(C)C. The number of carbonyl (C=O) groups is 3. The van der Waals surface area contributed by atoms with E-state index in [1.54, 1.807) is 45.2 Å². The van der Waals surface area contributed by atoms with E-state index in [1.807, 2.05) is 12.1 Å². The average Bonchev–Trinajstić information content (AvgIpc) is 3.31. The third kappa shape index (κ3) is 3.64. The third-order valence-corrected chi connectivity index (χ3v) is 6.17. The zero-order chi connectivity index (χ0) is 22.3. The maximum Gasteiger partial charge on any atom is 0.292 e. The molecule has 4 rings (SSSR count). The van der Waals surface area contributed by atoms with Crippen LogP contribution in [-0.4, -0.2) is 72.5 Å². The zero-order valence-electron chi connectivity index (χ0n) is 18.1. The van der Waals surface area contributed by atoms with Gasteiger partial charge in [-0.05, 0) is 37.5 Å². The van der Waals surface area contributed by atoms with Gasteiger partial charge < -0.3 is 24.4 Å². The molecule has 3 heterocycles. The van der Waals surface area contributed by atoms with Gasteiger partial charge in [-0.3, -0.25) is 14.4 Å². The Hall–Kier alpha value is -3.36. The molecule has 0 aliphatic carbocycles. The smallest absolute Gasteiger partial charge is 0.292 e. The topological polar surface area (TPSA) is 105 Å². The summed E-state index contributed by atoms with van der Waals surface area (Å²) in [5.41, 5.74) is 1.14. The lowest BCUT2D eigenvalue weighted by Gasteiger charge is -2.34. The maximum absolute atomic E-state index is 13.2. The molecule has 31 heavy (non-hydrogen) atoms. The van der Waals surface area contributed by atoms with Crippen LogP contribution in [0.5, 0.6) is 5.75 Å². The van der Waals surface area contributed by atoms with Crippen LogP contribution in [0, 0.1) is 12.8 Å². The number of fused-ring (bicyclic) bond motifs is 1. The van der Waals surface area contributed by atoms with Gasteiger partial charge in [0.1, 0.15) is 5.75 Å². The molecule has 1 fully saturated rings. The van der Waals surface area contributed by atoms with Crippen LogP contribution in [0.3, 0.4) is 0 Å². The van der Waals surface area contributed by atoms with Gasteiger partial charge in [-0.25, -0.2) is 0 Å². The van der Waals surface area contributed by atoms with Crippen LogP contribution >= 0.6 is 0 Å². The third-order valence-electron chi connectivity index (χ3n) is 6.17. The summed E-state index contributed by atoms with van der Waals surface area (Å²) in [7, 11) is 4.91. The number of rotatable bonds is 3. The maximum atomic E-state index is 13.2. The van der Waals surface area contributed by atoms with Gasteiger partial charge in [0, 0.05) is 38.8 Å². The van der Waals surface area contributed by atoms with Crippen molar-refractivity contribution in [1.82, 2.24) is 20.3 Å². The van der Waals surface area contributed by atoms with Crippen molar-refractivity contribution in [2.75, 3.05) is 34.3 Å². The Morgan fingerprint density at radius 3 is 2.74 bits per heavy atom. The molecule has 1 aromatic heterocycles. The molecule has 0 unspecified atom stereocenters. The standard InChI is InChI=1S/C22H26N4O5/c1-13-9-18(31-24-13)21(29)26-11-17(20(28)25(2)3)22(12-26)8-7-14-5-6-15(30-4)10-16(14)19(27)23-22/h5-6,9-10,17H,7-8,11-12H2,1-4H3,(H,23,27)/t17-,22+/m1/s1. The van der Waals surface area contributed by atoms with Crippen LogP contribution in [0.1, 0.15) is 38.6 Å². The van der Waals surface area contributed by atoms with E-state index in [0.717, 1.165) is 5.56 Å². The second-order valence-electron chi connectivity index (χ2n) is 8.44. The molecular formula is C22H26N4O5. The molecule has 9 heteroatoms. The number of hydrogen-bond acceptors (Lipinski definition) is 6. The molecular weight excluding hydrogens is 400 g/mol. The van der Waals surface area contributed by atoms with Crippen molar-refractivity contribution in [3.8, 4) is 5.75 Å². The summed E-state index contributed by atoms with van der Waals surface area (Å²) in [5, 5.41) is 6.89. The molecule has 3 amide bonds. The molecule has 9 nitrogen and oxygen atoms in total. The fourth-order valence-corrected chi connectivity index (χ4v) is 4.52. The first kappa shape index (κ1) is 20.9. The Kier molecular flexibility index (Phi) is 5.20. The number of hydrogen-bond donors (Lipinski definition) is 1. The number of aryl methyl sites for hydroxylation is 2. The summed E-state index contributed by atoms with van der Waals surface area (Å²) in [6.45, 7) is 2.14. The fraction of sp³-hybridized carbons (Fsp3) is 0.455. The number of aromatic nitrogens is 1. The van der Waals surface area contributed by atoms with Crippen LogP contribution in [-0.2, 0) is 11.2 Å². The highest BCUT2D eigenvalue weighted by Gasteiger charge is 2.53. The Labute approximate surface area is 180 Å². The quantitative estimate of drug-likeness (QED) is 0.793. The molecule has 1 N–H and O–H groups in total. The lowest BCUT2D eigenvalue weighted by molar-refractivity contribution is -0.134. The molecule has 2 aromatic rings. The summed E-state index contributed by atoms with van der Waals surface area (Å²) in [5.74, 6) is -0.601. The van der Waals surface area contributed by atoms with Crippen molar-refractivity contribution in [2.45, 2.75) is 25.3 Å². The molecule has 1 aromatic carbocycles. The lowest BCUT2D eigenvalue weighted by atomic mass is 9.81. The van der Waals surface area contributed by atoms with E-state index in [0.29, 0.717) is 29.8 Å². The number of nitrogens with zero attached hydrogens (tertiary/aromatic N) is 3. The van der Waals surface area contributed by atoms with Crippen LogP contribution in [0.4, 0.5) is 0 Å². The number of amides is 3. The van der Waals surface area contributed by atoms with E-state index in [1.165, 1.54) is 4.90 Å². The Balaban J connectivity index is 1.69. The first-order valence-corrected chi connectivity index (χ1v) is 10.2. The minimum Gasteiger partial charge on any atom is -0.497 e. The van der Waals surface area contributed by atoms with Crippen molar-refractivity contribution >= 4 is 17.7 Å². The molecule has 0 radical (unpaired) electrons. The number of nitrogens with one attached hydrogen (secondary N) is 1. The zero-order valence-corrected chi connectivity index (χ0v) is 18.1. The van der Waals surface area contributed by atoms with E-state index < -0.39 is 11.5 Å². The molecule has 2 atom stereocenters. The second kappa shape index (κ2) is 7.72. The summed E-state index contributed by atoms with van der Waals surface area (Å²) in [4.78, 5) is 42.4. The van der Waals surface area contributed by atoms with Crippen molar-refractivity contribution in [1.29, 1.82) is 0 Å². The molecule has 1 saturated heterocycles. The first-order valence-electron chi connectivity index (χ1n) is 10.2. The molecule has 2 aliphatic heterocycles. The minimum atomic E-state index is -0.880. The van der Waals surface area contributed by atoms with Gasteiger partial charge in [-0.15, -0.1) is 0 Å². The van der Waals surface area contributed by atoms with E-state index >= 15 is 0 Å². The first-order chi connectivity index (χ1) is 14.7. The molecule has 164 valence electrons. The van der Waals surface area contributed by atoms with Crippen molar-refractivity contribution in [3.63, 3.8) is 0 Å². The summed E-state index contributed by atoms with van der Waals surface area (Å²) in [6.07, 6.45) is 1.13. The van der Waals surface area contributed by atoms with E-state index in [2.05, 4.69) is 10.5 Å². The van der Waals surface area contributed by atoms with Crippen molar-refractivity contribution in [3.05, 3.63) is 46.8 Å². The normalized spacial score (nSPS) is 22.6. The Morgan fingerprint density at radius 1 is 1.32 bits per heavy atom. The number of benzene rings is 1. The average molecular weight is 426 g/mol. The van der Waals surface area contributed by atoms with E-state index in [-0.39, 0.29) is 36.6 Å². The van der Waals surface area contributed by atoms with Gasteiger partial charge in [0.05, 0.1) is 24.3 Å². The van der Waals surface area contributed by atoms with Gasteiger partial charge in [-0.1, -0.05) is 11.2 Å². The van der Waals surface area contributed by atoms with E-state index in [9.17, 15) is 14.4 Å². The summed E-state index contributed by atoms with van der Waals surface area (Å²) in [6, 6.07) is 6.99.